The van der Waals surface area contributed by atoms with Crippen molar-refractivity contribution in [1.29, 1.82) is 0 Å². The summed E-state index contributed by atoms with van der Waals surface area (Å²) in [7, 11) is 1.66. The number of benzene rings is 1. The molecule has 0 bridgehead atoms. The zero-order chi connectivity index (χ0) is 13.1. The van der Waals surface area contributed by atoms with Gasteiger partial charge < -0.3 is 14.4 Å². The Bertz CT molecular complexity index is 565. The van der Waals surface area contributed by atoms with E-state index in [1.165, 1.54) is 17.0 Å². The Morgan fingerprint density at radius 2 is 2.17 bits per heavy atom. The summed E-state index contributed by atoms with van der Waals surface area (Å²) in [6.07, 6.45) is 0. The third-order valence-electron chi connectivity index (χ3n) is 2.46. The van der Waals surface area contributed by atoms with E-state index in [4.69, 9.17) is 16.0 Å². The molecule has 0 spiro atoms. The molecule has 18 heavy (non-hydrogen) atoms. The van der Waals surface area contributed by atoms with Gasteiger partial charge in [0.05, 0.1) is 0 Å². The number of halogens is 1. The number of carbonyl (C=O) groups is 1. The molecule has 0 atom stereocenters. The van der Waals surface area contributed by atoms with Crippen LogP contribution in [-0.4, -0.2) is 23.0 Å². The first-order chi connectivity index (χ1) is 8.56. The predicted octanol–water partition coefficient (Wildman–Crippen LogP) is 2.91. The average molecular weight is 266 g/mol. The van der Waals surface area contributed by atoms with Crippen LogP contribution >= 0.6 is 11.6 Å². The summed E-state index contributed by atoms with van der Waals surface area (Å²) < 4.78 is 5.05. The number of rotatable bonds is 3. The molecule has 1 amide bonds. The fraction of sp³-hybridized carbons (Fsp3) is 0.154. The molecule has 0 unspecified atom stereocenters. The van der Waals surface area contributed by atoms with Gasteiger partial charge in [-0.05, 0) is 41.4 Å². The number of amides is 1. The third kappa shape index (κ3) is 2.84. The van der Waals surface area contributed by atoms with Crippen molar-refractivity contribution >= 4 is 17.5 Å². The maximum atomic E-state index is 12.0. The van der Waals surface area contributed by atoms with Crippen LogP contribution in [0, 0.1) is 0 Å². The molecule has 1 aromatic carbocycles. The van der Waals surface area contributed by atoms with Gasteiger partial charge in [-0.15, -0.1) is 0 Å². The number of aromatic hydroxyl groups is 1. The van der Waals surface area contributed by atoms with Crippen LogP contribution in [0.25, 0.3) is 0 Å². The fourth-order valence-electron chi connectivity index (χ4n) is 1.62. The van der Waals surface area contributed by atoms with E-state index < -0.39 is 0 Å². The minimum Gasteiger partial charge on any atom is -0.508 e. The molecule has 1 N–H and O–H groups in total. The fourth-order valence-corrected chi connectivity index (χ4v) is 1.76. The van der Waals surface area contributed by atoms with E-state index in [-0.39, 0.29) is 22.6 Å². The molecule has 2 aromatic rings. The number of hydrogen-bond acceptors (Lipinski definition) is 3. The summed E-state index contributed by atoms with van der Waals surface area (Å²) in [4.78, 5) is 13.4. The second-order valence-corrected chi connectivity index (χ2v) is 4.31. The van der Waals surface area contributed by atoms with Crippen LogP contribution in [0.15, 0.2) is 40.8 Å². The molecule has 0 saturated carbocycles. The van der Waals surface area contributed by atoms with Gasteiger partial charge in [0, 0.05) is 13.6 Å². The van der Waals surface area contributed by atoms with Crippen molar-refractivity contribution in [2.45, 2.75) is 6.54 Å². The molecule has 1 aromatic heterocycles. The van der Waals surface area contributed by atoms with Crippen LogP contribution in [0.2, 0.25) is 5.22 Å². The highest BCUT2D eigenvalue weighted by molar-refractivity contribution is 6.29. The van der Waals surface area contributed by atoms with E-state index in [0.29, 0.717) is 6.54 Å². The zero-order valence-corrected chi connectivity index (χ0v) is 10.5. The molecule has 1 heterocycles. The van der Waals surface area contributed by atoms with E-state index in [9.17, 15) is 9.90 Å². The minimum atomic E-state index is -0.259. The quantitative estimate of drug-likeness (QED) is 0.928. The summed E-state index contributed by atoms with van der Waals surface area (Å²) in [5.41, 5.74) is 0.837. The van der Waals surface area contributed by atoms with Gasteiger partial charge in [0.2, 0.25) is 0 Å². The van der Waals surface area contributed by atoms with Gasteiger partial charge in [-0.25, -0.2) is 0 Å². The maximum Gasteiger partial charge on any atom is 0.289 e. The number of furan rings is 1. The van der Waals surface area contributed by atoms with Crippen LogP contribution in [0.4, 0.5) is 0 Å². The SMILES string of the molecule is CN(Cc1cccc(O)c1)C(=O)c1ccc(Cl)o1. The van der Waals surface area contributed by atoms with E-state index in [2.05, 4.69) is 0 Å². The van der Waals surface area contributed by atoms with E-state index in [0.717, 1.165) is 5.56 Å². The summed E-state index contributed by atoms with van der Waals surface area (Å²) in [5, 5.41) is 9.53. The van der Waals surface area contributed by atoms with Crippen LogP contribution in [0.1, 0.15) is 16.1 Å². The van der Waals surface area contributed by atoms with Crippen molar-refractivity contribution in [2.24, 2.45) is 0 Å². The molecule has 0 radical (unpaired) electrons. The lowest BCUT2D eigenvalue weighted by Crippen LogP contribution is -2.25. The van der Waals surface area contributed by atoms with Gasteiger partial charge in [0.15, 0.2) is 11.0 Å². The van der Waals surface area contributed by atoms with Crippen LogP contribution in [-0.2, 0) is 6.54 Å². The number of hydrogen-bond donors (Lipinski definition) is 1. The normalized spacial score (nSPS) is 10.3. The van der Waals surface area contributed by atoms with Crippen molar-refractivity contribution in [1.82, 2.24) is 4.90 Å². The Labute approximate surface area is 109 Å². The van der Waals surface area contributed by atoms with Gasteiger partial charge in [-0.2, -0.15) is 0 Å². The summed E-state index contributed by atoms with van der Waals surface area (Å²) >= 11 is 5.62. The lowest BCUT2D eigenvalue weighted by atomic mass is 10.2. The van der Waals surface area contributed by atoms with E-state index >= 15 is 0 Å². The highest BCUT2D eigenvalue weighted by atomic mass is 35.5. The average Bonchev–Trinajstić information content (AvgIpc) is 2.75. The number of carbonyl (C=O) groups excluding carboxylic acids is 1. The van der Waals surface area contributed by atoms with Gasteiger partial charge in [0.1, 0.15) is 5.75 Å². The molecule has 0 aliphatic carbocycles. The highest BCUT2D eigenvalue weighted by Crippen LogP contribution is 2.17. The standard InChI is InChI=1S/C13H12ClNO3/c1-15(8-9-3-2-4-10(16)7-9)13(17)11-5-6-12(14)18-11/h2-7,16H,8H2,1H3. The van der Waals surface area contributed by atoms with Gasteiger partial charge >= 0.3 is 0 Å². The van der Waals surface area contributed by atoms with E-state index in [1.54, 1.807) is 25.2 Å². The molecule has 4 nitrogen and oxygen atoms in total. The van der Waals surface area contributed by atoms with Crippen molar-refractivity contribution in [2.75, 3.05) is 7.05 Å². The molecule has 0 saturated heterocycles. The summed E-state index contributed by atoms with van der Waals surface area (Å²) in [6, 6.07) is 9.81. The molecule has 94 valence electrons. The van der Waals surface area contributed by atoms with Gasteiger partial charge in [0.25, 0.3) is 5.91 Å². The summed E-state index contributed by atoms with van der Waals surface area (Å²) in [5.74, 6) is 0.113. The monoisotopic (exact) mass is 265 g/mol. The first-order valence-corrected chi connectivity index (χ1v) is 5.73. The summed E-state index contributed by atoms with van der Waals surface area (Å²) in [6.45, 7) is 0.381. The van der Waals surface area contributed by atoms with E-state index in [1.807, 2.05) is 6.07 Å². The predicted molar refractivity (Wildman–Crippen MR) is 67.6 cm³/mol. The largest absolute Gasteiger partial charge is 0.508 e. The lowest BCUT2D eigenvalue weighted by Gasteiger charge is -2.15. The Kier molecular flexibility index (Phi) is 3.58. The molecule has 5 heteroatoms. The second kappa shape index (κ2) is 5.14. The molecular weight excluding hydrogens is 254 g/mol. The van der Waals surface area contributed by atoms with Crippen molar-refractivity contribution in [3.63, 3.8) is 0 Å². The number of nitrogens with zero attached hydrogens (tertiary/aromatic N) is 1. The van der Waals surface area contributed by atoms with Gasteiger partial charge in [-0.1, -0.05) is 12.1 Å². The molecule has 2 rings (SSSR count). The zero-order valence-electron chi connectivity index (χ0n) is 9.76. The topological polar surface area (TPSA) is 53.7 Å². The van der Waals surface area contributed by atoms with Crippen molar-refractivity contribution in [3.05, 3.63) is 52.9 Å². The maximum absolute atomic E-state index is 12.0. The van der Waals surface area contributed by atoms with Crippen molar-refractivity contribution in [3.8, 4) is 5.75 Å². The number of phenolic OH excluding ortho intramolecular Hbond substituents is 1. The van der Waals surface area contributed by atoms with Crippen LogP contribution < -0.4 is 0 Å². The lowest BCUT2D eigenvalue weighted by molar-refractivity contribution is 0.0753. The highest BCUT2D eigenvalue weighted by Gasteiger charge is 2.15. The second-order valence-electron chi connectivity index (χ2n) is 3.93. The third-order valence-corrected chi connectivity index (χ3v) is 2.66. The smallest absolute Gasteiger partial charge is 0.289 e. The first-order valence-electron chi connectivity index (χ1n) is 5.35. The Hall–Kier alpha value is -1.94. The van der Waals surface area contributed by atoms with Crippen LogP contribution in [0.3, 0.4) is 0 Å². The Morgan fingerprint density at radius 1 is 1.39 bits per heavy atom. The number of phenols is 1. The molecule has 0 fully saturated rings. The Morgan fingerprint density at radius 3 is 2.78 bits per heavy atom. The first kappa shape index (κ1) is 12.5. The van der Waals surface area contributed by atoms with Crippen LogP contribution in [0.5, 0.6) is 5.75 Å². The molecule has 0 aliphatic heterocycles. The van der Waals surface area contributed by atoms with Crippen molar-refractivity contribution < 1.29 is 14.3 Å². The van der Waals surface area contributed by atoms with Gasteiger partial charge in [-0.3, -0.25) is 4.79 Å². The Balaban J connectivity index is 2.08. The minimum absolute atomic E-state index is 0.175. The molecule has 0 aliphatic rings. The molecular formula is C13H12ClNO3.